The van der Waals surface area contributed by atoms with Gasteiger partial charge in [0, 0.05) is 62.2 Å². The van der Waals surface area contributed by atoms with Crippen molar-refractivity contribution in [3.05, 3.63) is 53.6 Å². The molecular weight excluding hydrogens is 446 g/mol. The van der Waals surface area contributed by atoms with Crippen molar-refractivity contribution in [2.45, 2.75) is 69.2 Å². The van der Waals surface area contributed by atoms with Gasteiger partial charge in [-0.2, -0.15) is 0 Å². The van der Waals surface area contributed by atoms with E-state index in [0.717, 1.165) is 49.4 Å². The number of amides is 3. The second kappa shape index (κ2) is 9.03. The lowest BCUT2D eigenvalue weighted by atomic mass is 9.86. The number of imide groups is 1. The maximum Gasteiger partial charge on any atom is 0.255 e. The normalized spacial score (nSPS) is 27.4. The van der Waals surface area contributed by atoms with Crippen LogP contribution in [0.5, 0.6) is 5.75 Å². The van der Waals surface area contributed by atoms with Crippen molar-refractivity contribution in [1.82, 2.24) is 25.1 Å². The van der Waals surface area contributed by atoms with Crippen LogP contribution in [-0.2, 0) is 16.1 Å². The number of fused-ring (bicyclic) bond motifs is 1. The van der Waals surface area contributed by atoms with Gasteiger partial charge in [0.15, 0.2) is 0 Å². The van der Waals surface area contributed by atoms with E-state index < -0.39 is 11.9 Å². The lowest BCUT2D eigenvalue weighted by molar-refractivity contribution is -0.136. The average Bonchev–Trinajstić information content (AvgIpc) is 3.15. The number of carbonyl (C=O) groups is 3. The summed E-state index contributed by atoms with van der Waals surface area (Å²) >= 11 is 0. The molecule has 1 aromatic carbocycles. The standard InChI is InChI=1S/C26H29N5O4/c32-24-8-7-22(25(33)29-24)31-15-16-11-18(5-6-19(16)26(31)34)35-23-4-2-1-3-21(23)30-13-17(14-30)20-12-27-9-10-28-20/h5-6,9-12,17,21-23H,1-4,7-8,13-15H2,(H,29,32,33)/t21-,22?,23?/m0/s1. The molecule has 4 heterocycles. The summed E-state index contributed by atoms with van der Waals surface area (Å²) in [4.78, 5) is 49.5. The van der Waals surface area contributed by atoms with Crippen LogP contribution in [0.2, 0.25) is 0 Å². The molecule has 0 radical (unpaired) electrons. The summed E-state index contributed by atoms with van der Waals surface area (Å²) in [6.07, 6.45) is 10.5. The van der Waals surface area contributed by atoms with Crippen LogP contribution < -0.4 is 10.1 Å². The zero-order chi connectivity index (χ0) is 23.9. The molecule has 9 nitrogen and oxygen atoms in total. The Balaban J connectivity index is 1.12. The molecule has 6 rings (SSSR count). The Hall–Kier alpha value is -3.33. The molecule has 1 saturated carbocycles. The topological polar surface area (TPSA) is 105 Å². The van der Waals surface area contributed by atoms with Crippen molar-refractivity contribution in [2.75, 3.05) is 13.1 Å². The molecule has 9 heteroatoms. The Morgan fingerprint density at radius 2 is 1.89 bits per heavy atom. The number of aromatic nitrogens is 2. The van der Waals surface area contributed by atoms with E-state index in [-0.39, 0.29) is 24.3 Å². The van der Waals surface area contributed by atoms with E-state index in [1.54, 1.807) is 17.3 Å². The largest absolute Gasteiger partial charge is 0.489 e. The van der Waals surface area contributed by atoms with Crippen molar-refractivity contribution in [2.24, 2.45) is 0 Å². The Kier molecular flexibility index (Phi) is 5.72. The number of hydrogen-bond donors (Lipinski definition) is 1. The van der Waals surface area contributed by atoms with E-state index in [0.29, 0.717) is 30.5 Å². The third-order valence-electron chi connectivity index (χ3n) is 7.83. The maximum absolute atomic E-state index is 13.0. The van der Waals surface area contributed by atoms with E-state index in [4.69, 9.17) is 4.74 Å². The molecule has 3 amide bonds. The second-order valence-corrected chi connectivity index (χ2v) is 10.0. The van der Waals surface area contributed by atoms with Crippen molar-refractivity contribution < 1.29 is 19.1 Å². The molecule has 2 saturated heterocycles. The first-order valence-electron chi connectivity index (χ1n) is 12.5. The lowest BCUT2D eigenvalue weighted by Crippen LogP contribution is -2.57. The predicted octanol–water partition coefficient (Wildman–Crippen LogP) is 2.03. The van der Waals surface area contributed by atoms with Gasteiger partial charge < -0.3 is 9.64 Å². The van der Waals surface area contributed by atoms with Crippen LogP contribution in [0.3, 0.4) is 0 Å². The highest BCUT2D eigenvalue weighted by atomic mass is 16.5. The SMILES string of the molecule is O=C1CCC(N2Cc3cc(OC4CCCC[C@@H]4N4CC(c5cnccn5)C4)ccc3C2=O)C(=O)N1. The highest BCUT2D eigenvalue weighted by molar-refractivity contribution is 6.05. The molecule has 0 bridgehead atoms. The van der Waals surface area contributed by atoms with Gasteiger partial charge in [-0.05, 0) is 49.4 Å². The van der Waals surface area contributed by atoms with Gasteiger partial charge in [-0.15, -0.1) is 0 Å². The molecule has 4 aliphatic rings. The van der Waals surface area contributed by atoms with Crippen LogP contribution >= 0.6 is 0 Å². The highest BCUT2D eigenvalue weighted by Gasteiger charge is 2.41. The van der Waals surface area contributed by atoms with Gasteiger partial charge in [0.25, 0.3) is 5.91 Å². The van der Waals surface area contributed by atoms with E-state index in [2.05, 4.69) is 20.2 Å². The molecule has 3 atom stereocenters. The van der Waals surface area contributed by atoms with Gasteiger partial charge in [-0.3, -0.25) is 34.6 Å². The molecule has 2 unspecified atom stereocenters. The Bertz CT molecular complexity index is 1150. The van der Waals surface area contributed by atoms with Crippen molar-refractivity contribution >= 4 is 17.7 Å². The molecule has 3 fully saturated rings. The monoisotopic (exact) mass is 475 g/mol. The summed E-state index contributed by atoms with van der Waals surface area (Å²) in [7, 11) is 0. The Morgan fingerprint density at radius 3 is 2.69 bits per heavy atom. The number of nitrogens with zero attached hydrogens (tertiary/aromatic N) is 4. The molecule has 1 N–H and O–H groups in total. The van der Waals surface area contributed by atoms with E-state index in [9.17, 15) is 14.4 Å². The van der Waals surface area contributed by atoms with Crippen LogP contribution in [0.25, 0.3) is 0 Å². The summed E-state index contributed by atoms with van der Waals surface area (Å²) in [5.41, 5.74) is 2.54. The molecule has 35 heavy (non-hydrogen) atoms. The Morgan fingerprint density at radius 1 is 1.03 bits per heavy atom. The number of hydrogen-bond acceptors (Lipinski definition) is 7. The Labute approximate surface area is 203 Å². The molecule has 182 valence electrons. The van der Waals surface area contributed by atoms with Gasteiger partial charge in [-0.25, -0.2) is 0 Å². The van der Waals surface area contributed by atoms with Gasteiger partial charge in [0.05, 0.1) is 5.69 Å². The minimum absolute atomic E-state index is 0.105. The number of piperidine rings is 1. The average molecular weight is 476 g/mol. The fourth-order valence-electron chi connectivity index (χ4n) is 5.92. The van der Waals surface area contributed by atoms with Crippen LogP contribution in [0, 0.1) is 0 Å². The first-order chi connectivity index (χ1) is 17.1. The molecule has 3 aliphatic heterocycles. The number of nitrogens with one attached hydrogen (secondary N) is 1. The predicted molar refractivity (Wildman–Crippen MR) is 126 cm³/mol. The molecular formula is C26H29N5O4. The van der Waals surface area contributed by atoms with Crippen LogP contribution in [0.1, 0.15) is 66.1 Å². The second-order valence-electron chi connectivity index (χ2n) is 10.0. The number of likely N-dealkylation sites (tertiary alicyclic amines) is 1. The zero-order valence-corrected chi connectivity index (χ0v) is 19.6. The molecule has 2 aromatic rings. The number of carbonyl (C=O) groups excluding carboxylic acids is 3. The van der Waals surface area contributed by atoms with Crippen LogP contribution in [-0.4, -0.2) is 68.8 Å². The van der Waals surface area contributed by atoms with Gasteiger partial charge >= 0.3 is 0 Å². The number of benzene rings is 1. The summed E-state index contributed by atoms with van der Waals surface area (Å²) in [5.74, 6) is 0.365. The fourth-order valence-corrected chi connectivity index (χ4v) is 5.92. The van der Waals surface area contributed by atoms with Gasteiger partial charge in [0.2, 0.25) is 11.8 Å². The summed E-state index contributed by atoms with van der Waals surface area (Å²) in [5, 5.41) is 2.35. The highest BCUT2D eigenvalue weighted by Crippen LogP contribution is 2.36. The molecule has 1 aromatic heterocycles. The zero-order valence-electron chi connectivity index (χ0n) is 19.6. The first-order valence-corrected chi connectivity index (χ1v) is 12.5. The van der Waals surface area contributed by atoms with Crippen LogP contribution in [0.15, 0.2) is 36.8 Å². The third kappa shape index (κ3) is 4.18. The molecule has 1 aliphatic carbocycles. The van der Waals surface area contributed by atoms with E-state index in [1.807, 2.05) is 24.4 Å². The lowest BCUT2D eigenvalue weighted by Gasteiger charge is -2.48. The van der Waals surface area contributed by atoms with Gasteiger partial charge in [0.1, 0.15) is 17.9 Å². The smallest absolute Gasteiger partial charge is 0.255 e. The van der Waals surface area contributed by atoms with Crippen LogP contribution in [0.4, 0.5) is 0 Å². The fraction of sp³-hybridized carbons (Fsp3) is 0.500. The maximum atomic E-state index is 13.0. The molecule has 0 spiro atoms. The number of rotatable bonds is 5. The first kappa shape index (κ1) is 22.2. The van der Waals surface area contributed by atoms with Crippen molar-refractivity contribution in [3.63, 3.8) is 0 Å². The summed E-state index contributed by atoms with van der Waals surface area (Å²) < 4.78 is 6.52. The quantitative estimate of drug-likeness (QED) is 0.660. The van der Waals surface area contributed by atoms with Gasteiger partial charge in [-0.1, -0.05) is 6.42 Å². The number of ether oxygens (including phenoxy) is 1. The third-order valence-corrected chi connectivity index (χ3v) is 7.83. The minimum atomic E-state index is -0.603. The van der Waals surface area contributed by atoms with Crippen molar-refractivity contribution in [3.8, 4) is 5.75 Å². The summed E-state index contributed by atoms with van der Waals surface area (Å²) in [6, 6.07) is 5.39. The minimum Gasteiger partial charge on any atom is -0.489 e. The van der Waals surface area contributed by atoms with Crippen molar-refractivity contribution in [1.29, 1.82) is 0 Å². The van der Waals surface area contributed by atoms with E-state index >= 15 is 0 Å². The van der Waals surface area contributed by atoms with E-state index in [1.165, 1.54) is 6.42 Å². The summed E-state index contributed by atoms with van der Waals surface area (Å²) in [6.45, 7) is 2.31.